The number of aromatic nitrogens is 4. The topological polar surface area (TPSA) is 79.3 Å². The summed E-state index contributed by atoms with van der Waals surface area (Å²) in [5.41, 5.74) is 7.60. The van der Waals surface area contributed by atoms with E-state index in [1.165, 1.54) is 10.4 Å². The molecule has 8 heteroatoms. The minimum absolute atomic E-state index is 0.602. The van der Waals surface area contributed by atoms with E-state index in [2.05, 4.69) is 55.6 Å². The molecule has 0 aromatic carbocycles. The van der Waals surface area contributed by atoms with Crippen LogP contribution in [0.5, 0.6) is 5.75 Å². The minimum Gasteiger partial charge on any atom is -0.491 e. The van der Waals surface area contributed by atoms with Crippen molar-refractivity contribution in [2.24, 2.45) is 4.99 Å². The fourth-order valence-electron chi connectivity index (χ4n) is 4.21. The average molecular weight is 511 g/mol. The number of aryl methyl sites for hydroxylation is 1. The predicted octanol–water partition coefficient (Wildman–Crippen LogP) is 5.85. The Labute approximate surface area is 220 Å². The summed E-state index contributed by atoms with van der Waals surface area (Å²) in [4.78, 5) is 25.4. The van der Waals surface area contributed by atoms with Crippen molar-refractivity contribution in [3.63, 3.8) is 0 Å². The van der Waals surface area contributed by atoms with Crippen LogP contribution in [0.2, 0.25) is 0 Å². The van der Waals surface area contributed by atoms with Crippen LogP contribution in [0.4, 0.5) is 0 Å². The Morgan fingerprint density at radius 3 is 2.73 bits per heavy atom. The Bertz CT molecular complexity index is 1540. The molecule has 0 amide bonds. The smallest absolute Gasteiger partial charge is 0.138 e. The number of likely N-dealkylation sites (N-methyl/N-ethyl adjacent to an activating group) is 1. The second-order valence-electron chi connectivity index (χ2n) is 9.02. The first kappa shape index (κ1) is 24.8. The van der Waals surface area contributed by atoms with Gasteiger partial charge in [-0.1, -0.05) is 6.07 Å². The molecule has 0 spiro atoms. The molecule has 0 radical (unpaired) electrons. The monoisotopic (exact) mass is 510 g/mol. The molecule has 0 aliphatic heterocycles. The van der Waals surface area contributed by atoms with Crippen LogP contribution in [-0.2, 0) is 0 Å². The highest BCUT2D eigenvalue weighted by atomic mass is 32.1. The highest BCUT2D eigenvalue weighted by Crippen LogP contribution is 2.32. The van der Waals surface area contributed by atoms with E-state index in [0.717, 1.165) is 57.1 Å². The summed E-state index contributed by atoms with van der Waals surface area (Å²) >= 11 is 1.72. The first-order valence-electron chi connectivity index (χ1n) is 12.3. The lowest BCUT2D eigenvalue weighted by Crippen LogP contribution is -2.19. The fourth-order valence-corrected chi connectivity index (χ4v) is 4.97. The minimum atomic E-state index is 0.602. The van der Waals surface area contributed by atoms with Crippen LogP contribution in [0.3, 0.4) is 0 Å². The molecule has 0 unspecified atom stereocenters. The van der Waals surface area contributed by atoms with Crippen LogP contribution in [0, 0.1) is 6.92 Å². The molecule has 0 atom stereocenters. The number of hydrogen-bond acceptors (Lipinski definition) is 7. The van der Waals surface area contributed by atoms with Gasteiger partial charge >= 0.3 is 0 Å². The van der Waals surface area contributed by atoms with E-state index < -0.39 is 0 Å². The van der Waals surface area contributed by atoms with Crippen molar-refractivity contribution < 1.29 is 4.74 Å². The van der Waals surface area contributed by atoms with Gasteiger partial charge in [0.2, 0.25) is 0 Å². The third-order valence-corrected chi connectivity index (χ3v) is 6.99. The van der Waals surface area contributed by atoms with E-state index in [1.54, 1.807) is 17.5 Å². The summed E-state index contributed by atoms with van der Waals surface area (Å²) in [5, 5.41) is 3.17. The van der Waals surface area contributed by atoms with Gasteiger partial charge in [0, 0.05) is 69.9 Å². The molecular formula is C29H30N6OS. The average Bonchev–Trinajstić information content (AvgIpc) is 3.58. The van der Waals surface area contributed by atoms with Gasteiger partial charge in [-0.25, -0.2) is 4.98 Å². The molecule has 37 heavy (non-hydrogen) atoms. The van der Waals surface area contributed by atoms with Crippen molar-refractivity contribution in [3.8, 4) is 27.3 Å². The largest absolute Gasteiger partial charge is 0.491 e. The summed E-state index contributed by atoms with van der Waals surface area (Å²) in [6.07, 6.45) is 7.31. The standard InChI is InChI=1S/C29H30N6OS/c1-5-31-28(26-15-25-23(27-7-6-12-37-27)8-9-32-29(25)34-26)24-14-21(17-33-19(24)2)20-13-22(18-30-16-20)36-11-10-35(3)4/h6-9,12-18H,5,10-11H2,1-4H3,(H,32,34). The Morgan fingerprint density at radius 1 is 1.08 bits per heavy atom. The van der Waals surface area contributed by atoms with Crippen LogP contribution >= 0.6 is 11.3 Å². The maximum atomic E-state index is 5.90. The molecule has 0 saturated heterocycles. The van der Waals surface area contributed by atoms with Gasteiger partial charge < -0.3 is 14.6 Å². The van der Waals surface area contributed by atoms with Crippen molar-refractivity contribution >= 4 is 28.1 Å². The molecule has 0 bridgehead atoms. The number of thiophene rings is 1. The molecular weight excluding hydrogens is 480 g/mol. The van der Waals surface area contributed by atoms with Crippen molar-refractivity contribution in [2.75, 3.05) is 33.8 Å². The Hall–Kier alpha value is -3.88. The number of ether oxygens (including phenoxy) is 1. The Balaban J connectivity index is 1.52. The van der Waals surface area contributed by atoms with Crippen LogP contribution in [0.1, 0.15) is 23.9 Å². The number of pyridine rings is 3. The van der Waals surface area contributed by atoms with E-state index in [9.17, 15) is 0 Å². The predicted molar refractivity (Wildman–Crippen MR) is 152 cm³/mol. The van der Waals surface area contributed by atoms with Gasteiger partial charge in [-0.15, -0.1) is 11.3 Å². The molecule has 5 heterocycles. The zero-order chi connectivity index (χ0) is 25.8. The van der Waals surface area contributed by atoms with Gasteiger partial charge in [-0.05, 0) is 63.7 Å². The van der Waals surface area contributed by atoms with Crippen LogP contribution < -0.4 is 4.74 Å². The van der Waals surface area contributed by atoms with Gasteiger partial charge in [0.25, 0.3) is 0 Å². The van der Waals surface area contributed by atoms with Crippen LogP contribution in [0.25, 0.3) is 32.6 Å². The van der Waals surface area contributed by atoms with Crippen molar-refractivity contribution in [3.05, 3.63) is 83.5 Å². The van der Waals surface area contributed by atoms with E-state index in [0.29, 0.717) is 13.2 Å². The van der Waals surface area contributed by atoms with E-state index in [1.807, 2.05) is 52.6 Å². The van der Waals surface area contributed by atoms with E-state index in [-0.39, 0.29) is 0 Å². The maximum Gasteiger partial charge on any atom is 0.138 e. The quantitative estimate of drug-likeness (QED) is 0.252. The van der Waals surface area contributed by atoms with Gasteiger partial charge in [0.1, 0.15) is 18.0 Å². The van der Waals surface area contributed by atoms with Gasteiger partial charge in [-0.2, -0.15) is 0 Å². The molecule has 1 N–H and O–H groups in total. The van der Waals surface area contributed by atoms with Gasteiger partial charge in [0.05, 0.1) is 17.6 Å². The molecule has 5 aromatic rings. The number of aromatic amines is 1. The first-order chi connectivity index (χ1) is 18.0. The number of hydrogen-bond donors (Lipinski definition) is 1. The van der Waals surface area contributed by atoms with Crippen LogP contribution in [0.15, 0.2) is 71.6 Å². The van der Waals surface area contributed by atoms with Crippen molar-refractivity contribution in [2.45, 2.75) is 13.8 Å². The molecule has 5 rings (SSSR count). The molecule has 0 aliphatic rings. The van der Waals surface area contributed by atoms with Gasteiger partial charge in [0.15, 0.2) is 0 Å². The molecule has 0 saturated carbocycles. The molecule has 7 nitrogen and oxygen atoms in total. The third-order valence-electron chi connectivity index (χ3n) is 6.09. The maximum absolute atomic E-state index is 5.90. The lowest BCUT2D eigenvalue weighted by Gasteiger charge is -2.13. The summed E-state index contributed by atoms with van der Waals surface area (Å²) in [7, 11) is 4.05. The fraction of sp³-hybridized carbons (Fsp3) is 0.241. The number of rotatable bonds is 9. The zero-order valence-electron chi connectivity index (χ0n) is 21.5. The second kappa shape index (κ2) is 11.0. The molecule has 0 aliphatic carbocycles. The lowest BCUT2D eigenvalue weighted by molar-refractivity contribution is 0.261. The third kappa shape index (κ3) is 5.45. The normalized spacial score (nSPS) is 12.0. The molecule has 5 aromatic heterocycles. The zero-order valence-corrected chi connectivity index (χ0v) is 22.3. The summed E-state index contributed by atoms with van der Waals surface area (Å²) in [5.74, 6) is 0.742. The number of nitrogens with one attached hydrogen (secondary N) is 1. The second-order valence-corrected chi connectivity index (χ2v) is 9.97. The van der Waals surface area contributed by atoms with E-state index >= 15 is 0 Å². The first-order valence-corrected chi connectivity index (χ1v) is 13.2. The SMILES string of the molecule is CCN=C(c1cc2c(-c3cccs3)ccnc2[nH]1)c1cc(-c2cncc(OCCN(C)C)c2)cnc1C. The van der Waals surface area contributed by atoms with E-state index in [4.69, 9.17) is 14.7 Å². The highest BCUT2D eigenvalue weighted by molar-refractivity contribution is 7.13. The summed E-state index contributed by atoms with van der Waals surface area (Å²) in [6.45, 7) is 6.15. The lowest BCUT2D eigenvalue weighted by atomic mass is 10.0. The summed E-state index contributed by atoms with van der Waals surface area (Å²) in [6, 6.07) is 12.6. The Kier molecular flexibility index (Phi) is 7.39. The van der Waals surface area contributed by atoms with Gasteiger partial charge in [-0.3, -0.25) is 15.0 Å². The number of nitrogens with zero attached hydrogens (tertiary/aromatic N) is 5. The molecule has 0 fully saturated rings. The summed E-state index contributed by atoms with van der Waals surface area (Å²) < 4.78 is 5.90. The molecule has 188 valence electrons. The number of fused-ring (bicyclic) bond motifs is 1. The number of H-pyrrole nitrogens is 1. The number of aliphatic imine (C=N–C) groups is 1. The highest BCUT2D eigenvalue weighted by Gasteiger charge is 2.17. The van der Waals surface area contributed by atoms with Crippen molar-refractivity contribution in [1.82, 2.24) is 24.8 Å². The van der Waals surface area contributed by atoms with Crippen LogP contribution in [-0.4, -0.2) is 64.3 Å². The van der Waals surface area contributed by atoms with Crippen molar-refractivity contribution in [1.29, 1.82) is 0 Å². The Morgan fingerprint density at radius 2 is 1.95 bits per heavy atom.